The highest BCUT2D eigenvalue weighted by atomic mass is 35.5. The number of nitriles is 1. The van der Waals surface area contributed by atoms with E-state index in [0.29, 0.717) is 5.69 Å². The third-order valence-corrected chi connectivity index (χ3v) is 3.79. The Kier molecular flexibility index (Phi) is 5.34. The second kappa shape index (κ2) is 7.73. The molecule has 148 valence electrons. The van der Waals surface area contributed by atoms with Crippen LogP contribution < -0.4 is 15.6 Å². The summed E-state index contributed by atoms with van der Waals surface area (Å²) in [6.45, 7) is 0. The summed E-state index contributed by atoms with van der Waals surface area (Å²) < 4.78 is 32.1. The number of aryl methyl sites for hydroxylation is 1. The standard InChI is InChI=1S/C18H12ClF2N5O3/c1-25-10-14(8-23-25)26-9-12(6-11(7-22)17(26)28)16(27)24-13-2-4-15(5-3-13)29-18(19,20)21/h2-6,8-10H,1H3,(H,24,27). The van der Waals surface area contributed by atoms with Crippen molar-refractivity contribution < 1.29 is 18.3 Å². The molecule has 0 aliphatic heterocycles. The molecule has 3 rings (SSSR count). The minimum Gasteiger partial charge on any atom is -0.420 e. The maximum atomic E-state index is 12.6. The van der Waals surface area contributed by atoms with Crippen LogP contribution in [0.25, 0.3) is 5.69 Å². The molecule has 0 saturated carbocycles. The van der Waals surface area contributed by atoms with Crippen molar-refractivity contribution in [3.05, 3.63) is 70.4 Å². The van der Waals surface area contributed by atoms with Crippen LogP contribution in [0.15, 0.2) is 53.7 Å². The summed E-state index contributed by atoms with van der Waals surface area (Å²) in [7, 11) is 1.66. The molecule has 29 heavy (non-hydrogen) atoms. The molecule has 2 heterocycles. The molecule has 0 aliphatic carbocycles. The molecule has 0 spiro atoms. The maximum Gasteiger partial charge on any atom is 0.487 e. The van der Waals surface area contributed by atoms with E-state index in [0.717, 1.165) is 10.6 Å². The molecule has 1 amide bonds. The first-order chi connectivity index (χ1) is 13.7. The Balaban J connectivity index is 1.88. The lowest BCUT2D eigenvalue weighted by Gasteiger charge is -2.12. The van der Waals surface area contributed by atoms with Gasteiger partial charge in [-0.15, -0.1) is 8.78 Å². The molecule has 0 radical (unpaired) electrons. The van der Waals surface area contributed by atoms with Gasteiger partial charge in [-0.25, -0.2) is 0 Å². The SMILES string of the molecule is Cn1cc(-n2cc(C(=O)Nc3ccc(OC(F)(F)Cl)cc3)cc(C#N)c2=O)cn1. The molecular weight excluding hydrogens is 408 g/mol. The van der Waals surface area contributed by atoms with E-state index in [2.05, 4.69) is 15.2 Å². The number of nitrogens with zero attached hydrogens (tertiary/aromatic N) is 4. The number of alkyl halides is 3. The van der Waals surface area contributed by atoms with Gasteiger partial charge in [-0.05, 0) is 30.3 Å². The third kappa shape index (κ3) is 4.77. The maximum absolute atomic E-state index is 12.6. The molecule has 2 aromatic heterocycles. The van der Waals surface area contributed by atoms with Crippen molar-refractivity contribution >= 4 is 23.2 Å². The molecule has 1 aromatic carbocycles. The zero-order chi connectivity index (χ0) is 21.2. The Morgan fingerprint density at radius 3 is 2.55 bits per heavy atom. The number of halogens is 3. The minimum atomic E-state index is -3.85. The topological polar surface area (TPSA) is 102 Å². The summed E-state index contributed by atoms with van der Waals surface area (Å²) in [5, 5.41) is 15.7. The summed E-state index contributed by atoms with van der Waals surface area (Å²) in [5.41, 5.74) is -3.98. The van der Waals surface area contributed by atoms with Gasteiger partial charge >= 0.3 is 5.57 Å². The predicted molar refractivity (Wildman–Crippen MR) is 99.3 cm³/mol. The number of amides is 1. The van der Waals surface area contributed by atoms with E-state index in [1.54, 1.807) is 19.3 Å². The van der Waals surface area contributed by atoms with Gasteiger partial charge in [0.05, 0.1) is 17.4 Å². The van der Waals surface area contributed by atoms with Crippen molar-refractivity contribution in [2.24, 2.45) is 7.05 Å². The molecule has 0 bridgehead atoms. The molecule has 11 heteroatoms. The van der Waals surface area contributed by atoms with Gasteiger partial charge < -0.3 is 10.1 Å². The predicted octanol–water partition coefficient (Wildman–Crippen LogP) is 2.86. The van der Waals surface area contributed by atoms with Crippen LogP contribution in [-0.4, -0.2) is 25.8 Å². The van der Waals surface area contributed by atoms with Crippen LogP contribution in [-0.2, 0) is 7.05 Å². The minimum absolute atomic E-state index is 0.0395. The molecular formula is C18H12ClF2N5O3. The molecule has 0 saturated heterocycles. The average Bonchev–Trinajstić information content (AvgIpc) is 3.08. The molecule has 0 fully saturated rings. The first-order valence-corrected chi connectivity index (χ1v) is 8.37. The smallest absolute Gasteiger partial charge is 0.420 e. The van der Waals surface area contributed by atoms with Gasteiger partial charge in [-0.2, -0.15) is 10.4 Å². The summed E-state index contributed by atoms with van der Waals surface area (Å²) in [6, 6.07) is 7.98. The van der Waals surface area contributed by atoms with E-state index >= 15 is 0 Å². The first-order valence-electron chi connectivity index (χ1n) is 7.99. The number of hydrogen-bond donors (Lipinski definition) is 1. The van der Waals surface area contributed by atoms with Gasteiger partial charge in [0.2, 0.25) is 0 Å². The van der Waals surface area contributed by atoms with Crippen LogP contribution in [0.1, 0.15) is 15.9 Å². The van der Waals surface area contributed by atoms with Crippen LogP contribution in [0.3, 0.4) is 0 Å². The highest BCUT2D eigenvalue weighted by molar-refractivity contribution is 6.20. The van der Waals surface area contributed by atoms with E-state index in [4.69, 9.17) is 11.6 Å². The number of benzene rings is 1. The first kappa shape index (κ1) is 20.0. The number of rotatable bonds is 5. The number of anilines is 1. The van der Waals surface area contributed by atoms with Gasteiger partial charge in [0.25, 0.3) is 11.5 Å². The third-order valence-electron chi connectivity index (χ3n) is 3.72. The fraction of sp³-hybridized carbons (Fsp3) is 0.111. The number of nitrogens with one attached hydrogen (secondary N) is 1. The van der Waals surface area contributed by atoms with E-state index < -0.39 is 17.0 Å². The normalized spacial score (nSPS) is 11.0. The van der Waals surface area contributed by atoms with Crippen molar-refractivity contribution in [3.8, 4) is 17.5 Å². The number of aromatic nitrogens is 3. The summed E-state index contributed by atoms with van der Waals surface area (Å²) >= 11 is 4.69. The van der Waals surface area contributed by atoms with Crippen LogP contribution in [0, 0.1) is 11.3 Å². The van der Waals surface area contributed by atoms with Gasteiger partial charge in [0.1, 0.15) is 17.4 Å². The van der Waals surface area contributed by atoms with Crippen LogP contribution in [0.2, 0.25) is 0 Å². The average molecular weight is 420 g/mol. The highest BCUT2D eigenvalue weighted by Crippen LogP contribution is 2.26. The van der Waals surface area contributed by atoms with Crippen molar-refractivity contribution in [2.45, 2.75) is 5.57 Å². The van der Waals surface area contributed by atoms with E-state index in [1.165, 1.54) is 41.3 Å². The van der Waals surface area contributed by atoms with Crippen LogP contribution in [0.5, 0.6) is 5.75 Å². The molecule has 0 atom stereocenters. The Labute approximate surface area is 167 Å². The Bertz CT molecular complexity index is 1160. The second-order valence-corrected chi connectivity index (χ2v) is 6.27. The van der Waals surface area contributed by atoms with Crippen LogP contribution >= 0.6 is 11.6 Å². The van der Waals surface area contributed by atoms with E-state index in [-0.39, 0.29) is 22.6 Å². The van der Waals surface area contributed by atoms with Crippen LogP contribution in [0.4, 0.5) is 14.5 Å². The Morgan fingerprint density at radius 2 is 2.00 bits per heavy atom. The molecule has 0 unspecified atom stereocenters. The zero-order valence-corrected chi connectivity index (χ0v) is 15.5. The fourth-order valence-electron chi connectivity index (χ4n) is 2.45. The molecule has 1 N–H and O–H groups in total. The Morgan fingerprint density at radius 1 is 1.31 bits per heavy atom. The van der Waals surface area contributed by atoms with Crippen molar-refractivity contribution in [2.75, 3.05) is 5.32 Å². The lowest BCUT2D eigenvalue weighted by Crippen LogP contribution is -2.24. The monoisotopic (exact) mass is 419 g/mol. The number of ether oxygens (including phenoxy) is 1. The molecule has 8 nitrogen and oxygen atoms in total. The number of carbonyl (C=O) groups is 1. The van der Waals surface area contributed by atoms with Crippen molar-refractivity contribution in [1.82, 2.24) is 14.3 Å². The summed E-state index contributed by atoms with van der Waals surface area (Å²) in [6.07, 6.45) is 4.24. The number of carbonyl (C=O) groups excluding carboxylic acids is 1. The quantitative estimate of drug-likeness (QED) is 0.641. The zero-order valence-electron chi connectivity index (χ0n) is 14.8. The van der Waals surface area contributed by atoms with Gasteiger partial charge in [0.15, 0.2) is 0 Å². The van der Waals surface area contributed by atoms with Gasteiger partial charge in [-0.3, -0.25) is 18.8 Å². The second-order valence-electron chi connectivity index (χ2n) is 5.83. The van der Waals surface area contributed by atoms with E-state index in [9.17, 15) is 23.6 Å². The van der Waals surface area contributed by atoms with Crippen molar-refractivity contribution in [3.63, 3.8) is 0 Å². The van der Waals surface area contributed by atoms with Crippen molar-refractivity contribution in [1.29, 1.82) is 5.26 Å². The van der Waals surface area contributed by atoms with Gasteiger partial charge in [-0.1, -0.05) is 0 Å². The lowest BCUT2D eigenvalue weighted by molar-refractivity contribution is -0.0964. The van der Waals surface area contributed by atoms with Gasteiger partial charge in [0, 0.05) is 36.7 Å². The lowest BCUT2D eigenvalue weighted by atomic mass is 10.2. The Hall–Kier alpha value is -3.71. The molecule has 0 aliphatic rings. The summed E-state index contributed by atoms with van der Waals surface area (Å²) in [5.74, 6) is -0.810. The number of pyridine rings is 1. The largest absolute Gasteiger partial charge is 0.487 e. The number of hydrogen-bond acceptors (Lipinski definition) is 5. The highest BCUT2D eigenvalue weighted by Gasteiger charge is 2.27. The summed E-state index contributed by atoms with van der Waals surface area (Å²) in [4.78, 5) is 24.9. The fourth-order valence-corrected chi connectivity index (χ4v) is 2.54. The molecule has 3 aromatic rings. The van der Waals surface area contributed by atoms with E-state index in [1.807, 2.05) is 0 Å².